The molecule has 96 valence electrons. The zero-order valence-corrected chi connectivity index (χ0v) is 12.1. The van der Waals surface area contributed by atoms with E-state index in [0.29, 0.717) is 0 Å². The Labute approximate surface area is 113 Å². The summed E-state index contributed by atoms with van der Waals surface area (Å²) < 4.78 is 0.275. The van der Waals surface area contributed by atoms with E-state index in [-0.39, 0.29) is 4.75 Å². The number of thioether (sulfide) groups is 1. The van der Waals surface area contributed by atoms with E-state index in [0.717, 1.165) is 24.3 Å². The predicted molar refractivity (Wildman–Crippen MR) is 81.0 cm³/mol. The average molecular weight is 260 g/mol. The molecule has 0 unspecified atom stereocenters. The number of hydrogen-bond acceptors (Lipinski definition) is 3. The summed E-state index contributed by atoms with van der Waals surface area (Å²) in [5.74, 6) is 0. The molecule has 18 heavy (non-hydrogen) atoms. The first-order valence-corrected chi connectivity index (χ1v) is 7.44. The van der Waals surface area contributed by atoms with Gasteiger partial charge in [0.1, 0.15) is 0 Å². The number of hydrogen-bond donors (Lipinski definition) is 1. The zero-order valence-electron chi connectivity index (χ0n) is 11.2. The molecule has 0 saturated carbocycles. The van der Waals surface area contributed by atoms with Crippen molar-refractivity contribution in [3.63, 3.8) is 0 Å². The SMILES string of the molecule is CSC(C)(C)CNCc1ccc2ccccc2n1. The Kier molecular flexibility index (Phi) is 4.25. The zero-order chi connectivity index (χ0) is 13.0. The first kappa shape index (κ1) is 13.4. The summed E-state index contributed by atoms with van der Waals surface area (Å²) in [6.07, 6.45) is 2.15. The fourth-order valence-corrected chi connectivity index (χ4v) is 2.02. The lowest BCUT2D eigenvalue weighted by Gasteiger charge is -2.22. The third-order valence-corrected chi connectivity index (χ3v) is 4.32. The first-order valence-electron chi connectivity index (χ1n) is 6.21. The van der Waals surface area contributed by atoms with E-state index < -0.39 is 0 Å². The third-order valence-electron chi connectivity index (χ3n) is 3.07. The van der Waals surface area contributed by atoms with Gasteiger partial charge in [0, 0.05) is 23.2 Å². The molecular formula is C15H20N2S. The number of fused-ring (bicyclic) bond motifs is 1. The smallest absolute Gasteiger partial charge is 0.0705 e. The second kappa shape index (κ2) is 5.72. The minimum Gasteiger partial charge on any atom is -0.310 e. The maximum absolute atomic E-state index is 4.65. The Balaban J connectivity index is 2.00. The van der Waals surface area contributed by atoms with Crippen molar-refractivity contribution in [2.75, 3.05) is 12.8 Å². The van der Waals surface area contributed by atoms with Crippen LogP contribution in [0.15, 0.2) is 36.4 Å². The van der Waals surface area contributed by atoms with Gasteiger partial charge in [0.05, 0.1) is 11.2 Å². The maximum Gasteiger partial charge on any atom is 0.0705 e. The summed E-state index contributed by atoms with van der Waals surface area (Å²) in [6, 6.07) is 12.5. The van der Waals surface area contributed by atoms with Gasteiger partial charge in [0.2, 0.25) is 0 Å². The summed E-state index contributed by atoms with van der Waals surface area (Å²) >= 11 is 1.88. The molecule has 0 aliphatic carbocycles. The van der Waals surface area contributed by atoms with Crippen molar-refractivity contribution in [1.82, 2.24) is 10.3 Å². The number of pyridine rings is 1. The second-order valence-electron chi connectivity index (χ2n) is 5.06. The Hall–Kier alpha value is -1.06. The summed E-state index contributed by atoms with van der Waals surface area (Å²) in [5, 5.41) is 4.67. The van der Waals surface area contributed by atoms with Gasteiger partial charge in [-0.25, -0.2) is 0 Å². The van der Waals surface area contributed by atoms with Gasteiger partial charge in [-0.2, -0.15) is 11.8 Å². The van der Waals surface area contributed by atoms with Crippen LogP contribution in [0.1, 0.15) is 19.5 Å². The summed E-state index contributed by atoms with van der Waals surface area (Å²) in [4.78, 5) is 4.65. The molecule has 0 radical (unpaired) electrons. The van der Waals surface area contributed by atoms with Gasteiger partial charge < -0.3 is 5.32 Å². The van der Waals surface area contributed by atoms with Gasteiger partial charge in [-0.15, -0.1) is 0 Å². The van der Waals surface area contributed by atoms with Crippen molar-refractivity contribution >= 4 is 22.7 Å². The molecule has 2 rings (SSSR count). The van der Waals surface area contributed by atoms with Crippen molar-refractivity contribution < 1.29 is 0 Å². The van der Waals surface area contributed by atoms with Crippen LogP contribution < -0.4 is 5.32 Å². The number of nitrogens with zero attached hydrogens (tertiary/aromatic N) is 1. The van der Waals surface area contributed by atoms with Crippen LogP contribution >= 0.6 is 11.8 Å². The first-order chi connectivity index (χ1) is 8.61. The minimum absolute atomic E-state index is 0.275. The topological polar surface area (TPSA) is 24.9 Å². The van der Waals surface area contributed by atoms with Crippen LogP contribution in [0.2, 0.25) is 0 Å². The molecule has 0 atom stereocenters. The fraction of sp³-hybridized carbons (Fsp3) is 0.400. The van der Waals surface area contributed by atoms with E-state index >= 15 is 0 Å². The Bertz CT molecular complexity index is 523. The summed E-state index contributed by atoms with van der Waals surface area (Å²) in [5.41, 5.74) is 2.17. The van der Waals surface area contributed by atoms with E-state index in [1.807, 2.05) is 23.9 Å². The van der Waals surface area contributed by atoms with Gasteiger partial charge in [-0.05, 0) is 32.2 Å². The predicted octanol–water partition coefficient (Wildman–Crippen LogP) is 3.47. The summed E-state index contributed by atoms with van der Waals surface area (Å²) in [7, 11) is 0. The highest BCUT2D eigenvalue weighted by molar-refractivity contribution is 7.99. The van der Waals surface area contributed by atoms with Crippen molar-refractivity contribution in [2.24, 2.45) is 0 Å². The standard InChI is InChI=1S/C15H20N2S/c1-15(2,18-3)11-16-10-13-9-8-12-6-4-5-7-14(12)17-13/h4-9,16H,10-11H2,1-3H3. The number of rotatable bonds is 5. The van der Waals surface area contributed by atoms with Gasteiger partial charge >= 0.3 is 0 Å². The Morgan fingerprint density at radius 1 is 1.17 bits per heavy atom. The van der Waals surface area contributed by atoms with Crippen molar-refractivity contribution in [3.05, 3.63) is 42.1 Å². The maximum atomic E-state index is 4.65. The largest absolute Gasteiger partial charge is 0.310 e. The monoisotopic (exact) mass is 260 g/mol. The van der Waals surface area contributed by atoms with Gasteiger partial charge in [0.25, 0.3) is 0 Å². The molecule has 0 aliphatic heterocycles. The molecule has 2 nitrogen and oxygen atoms in total. The lowest BCUT2D eigenvalue weighted by molar-refractivity contribution is 0.586. The molecule has 1 heterocycles. The van der Waals surface area contributed by atoms with E-state index in [9.17, 15) is 0 Å². The van der Waals surface area contributed by atoms with Crippen LogP contribution in [-0.4, -0.2) is 22.5 Å². The normalized spacial score (nSPS) is 11.9. The highest BCUT2D eigenvalue weighted by Crippen LogP contribution is 2.19. The Morgan fingerprint density at radius 3 is 2.72 bits per heavy atom. The molecular weight excluding hydrogens is 240 g/mol. The molecule has 2 aromatic rings. The van der Waals surface area contributed by atoms with Crippen LogP contribution in [0.5, 0.6) is 0 Å². The average Bonchev–Trinajstić information content (AvgIpc) is 2.38. The summed E-state index contributed by atoms with van der Waals surface area (Å²) in [6.45, 7) is 6.31. The molecule has 0 amide bonds. The molecule has 3 heteroatoms. The number of aromatic nitrogens is 1. The fourth-order valence-electron chi connectivity index (χ4n) is 1.77. The van der Waals surface area contributed by atoms with E-state index in [1.165, 1.54) is 5.39 Å². The molecule has 0 bridgehead atoms. The van der Waals surface area contributed by atoms with E-state index in [1.54, 1.807) is 0 Å². The molecule has 1 N–H and O–H groups in total. The second-order valence-corrected chi connectivity index (χ2v) is 6.58. The highest BCUT2D eigenvalue weighted by atomic mass is 32.2. The van der Waals surface area contributed by atoms with Crippen molar-refractivity contribution in [1.29, 1.82) is 0 Å². The van der Waals surface area contributed by atoms with Crippen LogP contribution in [0.4, 0.5) is 0 Å². The minimum atomic E-state index is 0.275. The van der Waals surface area contributed by atoms with Gasteiger partial charge in [-0.3, -0.25) is 4.98 Å². The molecule has 0 spiro atoms. The van der Waals surface area contributed by atoms with E-state index in [4.69, 9.17) is 0 Å². The molecule has 1 aromatic carbocycles. The van der Waals surface area contributed by atoms with Gasteiger partial charge in [-0.1, -0.05) is 24.3 Å². The molecule has 1 aromatic heterocycles. The lowest BCUT2D eigenvalue weighted by atomic mass is 10.2. The highest BCUT2D eigenvalue weighted by Gasteiger charge is 2.14. The van der Waals surface area contributed by atoms with Crippen molar-refractivity contribution in [3.8, 4) is 0 Å². The van der Waals surface area contributed by atoms with Crippen LogP contribution in [0.25, 0.3) is 10.9 Å². The lowest BCUT2D eigenvalue weighted by Crippen LogP contribution is -2.31. The molecule has 0 aliphatic rings. The third kappa shape index (κ3) is 3.47. The molecule has 0 saturated heterocycles. The number of para-hydroxylation sites is 1. The molecule has 0 fully saturated rings. The number of benzene rings is 1. The van der Waals surface area contributed by atoms with Crippen LogP contribution in [-0.2, 0) is 6.54 Å². The van der Waals surface area contributed by atoms with Crippen LogP contribution in [0, 0.1) is 0 Å². The van der Waals surface area contributed by atoms with Crippen molar-refractivity contribution in [2.45, 2.75) is 25.1 Å². The van der Waals surface area contributed by atoms with Gasteiger partial charge in [0.15, 0.2) is 0 Å². The quantitative estimate of drug-likeness (QED) is 0.891. The number of nitrogens with one attached hydrogen (secondary N) is 1. The Morgan fingerprint density at radius 2 is 1.94 bits per heavy atom. The van der Waals surface area contributed by atoms with E-state index in [2.05, 4.69) is 54.7 Å². The van der Waals surface area contributed by atoms with Crippen LogP contribution in [0.3, 0.4) is 0 Å².